The molecule has 0 spiro atoms. The van der Waals surface area contributed by atoms with E-state index in [-0.39, 0.29) is 6.04 Å². The molecule has 4 heteroatoms. The predicted octanol–water partition coefficient (Wildman–Crippen LogP) is 1.79. The van der Waals surface area contributed by atoms with E-state index in [2.05, 4.69) is 35.8 Å². The lowest BCUT2D eigenvalue weighted by molar-refractivity contribution is 0.254. The van der Waals surface area contributed by atoms with Crippen molar-refractivity contribution in [3.8, 4) is 17.9 Å². The Bertz CT molecular complexity index is 447. The van der Waals surface area contributed by atoms with Crippen molar-refractivity contribution in [1.82, 2.24) is 4.90 Å². The number of nitrogens with zero attached hydrogens (tertiary/aromatic N) is 2. The molecule has 1 heterocycles. The van der Waals surface area contributed by atoms with Crippen molar-refractivity contribution in [1.29, 1.82) is 5.26 Å². The highest BCUT2D eigenvalue weighted by Gasteiger charge is 2.10. The highest BCUT2D eigenvalue weighted by atomic mass is 32.1. The molecule has 1 aromatic heterocycles. The molecule has 2 N–H and O–H groups in total. The second kappa shape index (κ2) is 7.09. The summed E-state index contributed by atoms with van der Waals surface area (Å²) in [7, 11) is 2.03. The third kappa shape index (κ3) is 4.58. The van der Waals surface area contributed by atoms with Crippen LogP contribution in [0.2, 0.25) is 0 Å². The van der Waals surface area contributed by atoms with Crippen LogP contribution in [-0.2, 0) is 6.54 Å². The molecule has 0 amide bonds. The summed E-state index contributed by atoms with van der Waals surface area (Å²) in [6.07, 6.45) is 0.557. The van der Waals surface area contributed by atoms with E-state index in [1.807, 2.05) is 13.1 Å². The summed E-state index contributed by atoms with van der Waals surface area (Å²) >= 11 is 1.68. The lowest BCUT2D eigenvalue weighted by atomic mass is 10.2. The first-order valence-corrected chi connectivity index (χ1v) is 6.34. The van der Waals surface area contributed by atoms with Gasteiger partial charge >= 0.3 is 0 Å². The van der Waals surface area contributed by atoms with Gasteiger partial charge < -0.3 is 5.73 Å². The monoisotopic (exact) mass is 247 g/mol. The lowest BCUT2D eigenvalue weighted by Gasteiger charge is -2.21. The smallest absolute Gasteiger partial charge is 0.0772 e. The molecule has 1 rings (SSSR count). The second-order valence-electron chi connectivity index (χ2n) is 3.90. The van der Waals surface area contributed by atoms with Gasteiger partial charge in [-0.2, -0.15) is 5.26 Å². The largest absolute Gasteiger partial charge is 0.320 e. The van der Waals surface area contributed by atoms with E-state index >= 15 is 0 Å². The van der Waals surface area contributed by atoms with Crippen LogP contribution in [0.3, 0.4) is 0 Å². The van der Waals surface area contributed by atoms with Gasteiger partial charge in [0, 0.05) is 17.5 Å². The van der Waals surface area contributed by atoms with Gasteiger partial charge in [-0.25, -0.2) is 0 Å². The number of hydrogen-bond acceptors (Lipinski definition) is 4. The summed E-state index contributed by atoms with van der Waals surface area (Å²) in [4.78, 5) is 4.49. The zero-order valence-electron chi connectivity index (χ0n) is 10.2. The van der Waals surface area contributed by atoms with Crippen LogP contribution in [-0.4, -0.2) is 24.5 Å². The fraction of sp³-hybridized carbons (Fsp3) is 0.462. The summed E-state index contributed by atoms with van der Waals surface area (Å²) < 4.78 is 0. The minimum Gasteiger partial charge on any atom is -0.320 e. The number of nitriles is 1. The van der Waals surface area contributed by atoms with E-state index in [1.165, 1.54) is 4.88 Å². The topological polar surface area (TPSA) is 53.0 Å². The van der Waals surface area contributed by atoms with Crippen molar-refractivity contribution in [2.45, 2.75) is 25.9 Å². The van der Waals surface area contributed by atoms with Crippen molar-refractivity contribution in [3.05, 3.63) is 21.9 Å². The molecule has 0 saturated heterocycles. The summed E-state index contributed by atoms with van der Waals surface area (Å²) in [6.45, 7) is 3.32. The zero-order valence-corrected chi connectivity index (χ0v) is 11.0. The molecule has 0 aromatic carbocycles. The maximum Gasteiger partial charge on any atom is 0.0772 e. The predicted molar refractivity (Wildman–Crippen MR) is 71.4 cm³/mol. The van der Waals surface area contributed by atoms with E-state index in [0.717, 1.165) is 11.4 Å². The van der Waals surface area contributed by atoms with Gasteiger partial charge in [-0.05, 0) is 26.1 Å². The van der Waals surface area contributed by atoms with Crippen molar-refractivity contribution in [2.24, 2.45) is 5.73 Å². The van der Waals surface area contributed by atoms with Gasteiger partial charge in [0.2, 0.25) is 0 Å². The molecular weight excluding hydrogens is 230 g/mol. The normalized spacial score (nSPS) is 11.7. The van der Waals surface area contributed by atoms with E-state index in [1.54, 1.807) is 11.3 Å². The molecule has 1 aromatic rings. The maximum atomic E-state index is 8.65. The highest BCUT2D eigenvalue weighted by molar-refractivity contribution is 7.12. The van der Waals surface area contributed by atoms with E-state index in [9.17, 15) is 0 Å². The van der Waals surface area contributed by atoms with Crippen LogP contribution in [0.4, 0.5) is 0 Å². The Labute approximate surface area is 107 Å². The minimum atomic E-state index is 0.278. The van der Waals surface area contributed by atoms with E-state index in [4.69, 9.17) is 11.0 Å². The molecule has 90 valence electrons. The van der Waals surface area contributed by atoms with Crippen molar-refractivity contribution >= 4 is 11.3 Å². The SMILES string of the molecule is CC(CC#N)N(C)Cc1ccc(C#CCN)s1. The standard InChI is InChI=1S/C13H17N3S/c1-11(7-9-15)16(2)10-13-6-5-12(17-13)4-3-8-14/h5-6,11H,7-8,10,14H2,1-2H3. The van der Waals surface area contributed by atoms with Gasteiger partial charge in [-0.1, -0.05) is 11.8 Å². The molecule has 17 heavy (non-hydrogen) atoms. The average molecular weight is 247 g/mol. The molecule has 0 aliphatic heterocycles. The van der Waals surface area contributed by atoms with Crippen LogP contribution >= 0.6 is 11.3 Å². The Hall–Kier alpha value is -1.33. The van der Waals surface area contributed by atoms with Crippen LogP contribution in [0.1, 0.15) is 23.1 Å². The van der Waals surface area contributed by atoms with Crippen LogP contribution in [0.25, 0.3) is 0 Å². The van der Waals surface area contributed by atoms with Crippen LogP contribution < -0.4 is 5.73 Å². The van der Waals surface area contributed by atoms with E-state index < -0.39 is 0 Å². The van der Waals surface area contributed by atoms with Gasteiger partial charge in [0.1, 0.15) is 0 Å². The van der Waals surface area contributed by atoms with Crippen LogP contribution in [0.5, 0.6) is 0 Å². The molecule has 3 nitrogen and oxygen atoms in total. The first-order valence-electron chi connectivity index (χ1n) is 5.52. The third-order valence-electron chi connectivity index (χ3n) is 2.52. The Morgan fingerprint density at radius 1 is 1.53 bits per heavy atom. The summed E-state index contributed by atoms with van der Waals surface area (Å²) in [5.41, 5.74) is 5.33. The summed E-state index contributed by atoms with van der Waals surface area (Å²) in [5.74, 6) is 5.87. The molecule has 0 aliphatic carbocycles. The van der Waals surface area contributed by atoms with Gasteiger partial charge in [-0.15, -0.1) is 11.3 Å². The molecule has 0 aliphatic rings. The maximum absolute atomic E-state index is 8.65. The quantitative estimate of drug-likeness (QED) is 0.825. The summed E-state index contributed by atoms with van der Waals surface area (Å²) in [5, 5.41) is 8.65. The Morgan fingerprint density at radius 2 is 2.29 bits per heavy atom. The van der Waals surface area contributed by atoms with E-state index in [0.29, 0.717) is 13.0 Å². The van der Waals surface area contributed by atoms with Crippen molar-refractivity contribution in [3.63, 3.8) is 0 Å². The minimum absolute atomic E-state index is 0.278. The first kappa shape index (κ1) is 13.7. The Kier molecular flexibility index (Phi) is 5.72. The van der Waals surface area contributed by atoms with Crippen LogP contribution in [0, 0.1) is 23.2 Å². The molecule has 0 radical (unpaired) electrons. The van der Waals surface area contributed by atoms with Crippen molar-refractivity contribution < 1.29 is 0 Å². The zero-order chi connectivity index (χ0) is 12.7. The van der Waals surface area contributed by atoms with Gasteiger partial charge in [-0.3, -0.25) is 4.90 Å². The third-order valence-corrected chi connectivity index (χ3v) is 3.51. The molecule has 0 bridgehead atoms. The number of rotatable bonds is 4. The number of nitrogens with two attached hydrogens (primary N) is 1. The molecule has 1 unspecified atom stereocenters. The molecule has 0 saturated carbocycles. The number of hydrogen-bond donors (Lipinski definition) is 1. The first-order chi connectivity index (χ1) is 8.17. The summed E-state index contributed by atoms with van der Waals surface area (Å²) in [6, 6.07) is 6.57. The fourth-order valence-corrected chi connectivity index (χ4v) is 2.30. The fourth-order valence-electron chi connectivity index (χ4n) is 1.36. The molecule has 0 fully saturated rings. The highest BCUT2D eigenvalue weighted by Crippen LogP contribution is 2.18. The van der Waals surface area contributed by atoms with Crippen molar-refractivity contribution in [2.75, 3.05) is 13.6 Å². The van der Waals surface area contributed by atoms with Gasteiger partial charge in [0.25, 0.3) is 0 Å². The number of thiophene rings is 1. The van der Waals surface area contributed by atoms with Gasteiger partial charge in [0.05, 0.1) is 23.9 Å². The molecule has 1 atom stereocenters. The average Bonchev–Trinajstić information content (AvgIpc) is 2.74. The van der Waals surface area contributed by atoms with Crippen LogP contribution in [0.15, 0.2) is 12.1 Å². The Morgan fingerprint density at radius 3 is 2.94 bits per heavy atom. The molecular formula is C13H17N3S. The van der Waals surface area contributed by atoms with Gasteiger partial charge in [0.15, 0.2) is 0 Å². The Balaban J connectivity index is 2.57. The lowest BCUT2D eigenvalue weighted by Crippen LogP contribution is -2.27. The second-order valence-corrected chi connectivity index (χ2v) is 5.07.